The highest BCUT2D eigenvalue weighted by atomic mass is 15.8. The van der Waals surface area contributed by atoms with E-state index in [1.165, 1.54) is 33.4 Å². The van der Waals surface area contributed by atoms with Crippen molar-refractivity contribution in [3.05, 3.63) is 81.9 Å². The van der Waals surface area contributed by atoms with Gasteiger partial charge < -0.3 is 0 Å². The molecule has 3 aromatic rings. The van der Waals surface area contributed by atoms with E-state index in [4.69, 9.17) is 5.53 Å². The molecule has 0 fully saturated rings. The van der Waals surface area contributed by atoms with E-state index in [9.17, 15) is 0 Å². The molecule has 0 atom stereocenters. The predicted molar refractivity (Wildman–Crippen MR) is 114 cm³/mol. The predicted octanol–water partition coefficient (Wildman–Crippen LogP) is 6.26. The summed E-state index contributed by atoms with van der Waals surface area (Å²) in [6.45, 7) is 12.9. The lowest BCUT2D eigenvalue weighted by molar-refractivity contribution is 0.742. The molecule has 0 saturated carbocycles. The summed E-state index contributed by atoms with van der Waals surface area (Å²) in [4.78, 5) is 0. The average molecular weight is 356 g/mol. The second kappa shape index (κ2) is 6.43. The zero-order chi connectivity index (χ0) is 19.3. The third-order valence-corrected chi connectivity index (χ3v) is 5.21. The Balaban J connectivity index is 1.89. The fourth-order valence-electron chi connectivity index (χ4n) is 4.35. The van der Waals surface area contributed by atoms with Crippen LogP contribution in [0.25, 0.3) is 0 Å². The Hall–Kier alpha value is -2.78. The average Bonchev–Trinajstić information content (AvgIpc) is 2.93. The van der Waals surface area contributed by atoms with Gasteiger partial charge in [0.15, 0.2) is 0 Å². The summed E-state index contributed by atoms with van der Waals surface area (Å²) in [5.74, 6) is 0. The largest absolute Gasteiger partial charge is 0.382 e. The molecule has 0 aliphatic carbocycles. The van der Waals surface area contributed by atoms with Crippen LogP contribution >= 0.6 is 0 Å². The molecule has 0 spiro atoms. The topological polar surface area (TPSA) is 20.6 Å². The first-order valence-electron chi connectivity index (χ1n) is 9.43. The van der Waals surface area contributed by atoms with Gasteiger partial charge in [-0.2, -0.15) is 0 Å². The molecule has 3 nitrogen and oxygen atoms in total. The highest BCUT2D eigenvalue weighted by molar-refractivity contribution is 5.87. The maximum atomic E-state index is 5.07. The van der Waals surface area contributed by atoms with Crippen molar-refractivity contribution in [2.45, 2.75) is 41.5 Å². The summed E-state index contributed by atoms with van der Waals surface area (Å²) in [6.07, 6.45) is 0. The molecule has 1 heterocycles. The quantitative estimate of drug-likeness (QED) is 0.540. The van der Waals surface area contributed by atoms with Gasteiger partial charge in [0.1, 0.15) is 22.7 Å². The maximum absolute atomic E-state index is 5.07. The van der Waals surface area contributed by atoms with Crippen molar-refractivity contribution in [1.29, 1.82) is 0 Å². The molecule has 0 N–H and O–H groups in total. The maximum Gasteiger partial charge on any atom is 0.382 e. The number of rotatable bonds is 2. The highest BCUT2D eigenvalue weighted by Crippen LogP contribution is 2.45. The van der Waals surface area contributed by atoms with Crippen LogP contribution in [-0.4, -0.2) is 0 Å². The third kappa shape index (κ3) is 2.88. The van der Waals surface area contributed by atoms with Gasteiger partial charge in [-0.3, -0.25) is 0 Å². The van der Waals surface area contributed by atoms with Crippen LogP contribution in [-0.2, 0) is 0 Å². The van der Waals surface area contributed by atoms with Crippen LogP contribution in [0.4, 0.5) is 22.7 Å². The van der Waals surface area contributed by atoms with Crippen LogP contribution in [0.2, 0.25) is 0 Å². The van der Waals surface area contributed by atoms with Crippen LogP contribution in [0.5, 0.6) is 0 Å². The van der Waals surface area contributed by atoms with Gasteiger partial charge in [0.25, 0.3) is 0 Å². The normalized spacial score (nSPS) is 13.3. The Kier molecular flexibility index (Phi) is 4.20. The van der Waals surface area contributed by atoms with Gasteiger partial charge in [-0.25, -0.2) is 0 Å². The van der Waals surface area contributed by atoms with E-state index in [0.29, 0.717) is 0 Å². The van der Waals surface area contributed by atoms with Gasteiger partial charge >= 0.3 is 5.53 Å². The number of hydrogen-bond acceptors (Lipinski definition) is 2. The van der Waals surface area contributed by atoms with Crippen LogP contribution in [0, 0.1) is 41.5 Å². The number of nitrogens with zero attached hydrogens (tertiary/aromatic N) is 3. The van der Waals surface area contributed by atoms with Gasteiger partial charge in [0.2, 0.25) is 0 Å². The zero-order valence-corrected chi connectivity index (χ0v) is 17.0. The smallest absolute Gasteiger partial charge is 0.0598 e. The molecule has 2 radical (unpaired) electrons. The van der Waals surface area contributed by atoms with Crippen molar-refractivity contribution in [2.75, 3.05) is 10.0 Å². The fourth-order valence-corrected chi connectivity index (χ4v) is 4.35. The van der Waals surface area contributed by atoms with E-state index >= 15 is 0 Å². The molecule has 27 heavy (non-hydrogen) atoms. The number of anilines is 4. The monoisotopic (exact) mass is 356 g/mol. The summed E-state index contributed by atoms with van der Waals surface area (Å²) < 4.78 is 0. The molecule has 0 saturated heterocycles. The second-order valence-electron chi connectivity index (χ2n) is 7.70. The first kappa shape index (κ1) is 17.6. The van der Waals surface area contributed by atoms with Gasteiger partial charge in [-0.15, -0.1) is 0 Å². The molecule has 0 amide bonds. The zero-order valence-electron chi connectivity index (χ0n) is 17.0. The molecule has 1 aliphatic heterocycles. The lowest BCUT2D eigenvalue weighted by atomic mass is 10.0. The van der Waals surface area contributed by atoms with E-state index in [-0.39, 0.29) is 0 Å². The molecule has 3 aromatic carbocycles. The van der Waals surface area contributed by atoms with Crippen molar-refractivity contribution in [3.63, 3.8) is 0 Å². The molecule has 136 valence electrons. The van der Waals surface area contributed by atoms with E-state index in [1.807, 2.05) is 0 Å². The van der Waals surface area contributed by atoms with Gasteiger partial charge in [-0.1, -0.05) is 47.5 Å². The number of para-hydroxylation sites is 2. The Morgan fingerprint density at radius 3 is 1.22 bits per heavy atom. The van der Waals surface area contributed by atoms with E-state index in [2.05, 4.69) is 100 Å². The van der Waals surface area contributed by atoms with Crippen molar-refractivity contribution in [3.8, 4) is 0 Å². The van der Waals surface area contributed by atoms with E-state index < -0.39 is 0 Å². The fraction of sp³-hybridized carbons (Fsp3) is 0.250. The lowest BCUT2D eigenvalue weighted by Crippen LogP contribution is -2.33. The van der Waals surface area contributed by atoms with Gasteiger partial charge in [0.05, 0.1) is 0 Å². The Morgan fingerprint density at radius 2 is 0.889 bits per heavy atom. The molecule has 0 aromatic heterocycles. The van der Waals surface area contributed by atoms with Crippen molar-refractivity contribution >= 4 is 22.7 Å². The van der Waals surface area contributed by atoms with Crippen LogP contribution < -0.4 is 15.6 Å². The Morgan fingerprint density at radius 1 is 0.556 bits per heavy atom. The number of aryl methyl sites for hydroxylation is 6. The molecule has 1 aliphatic rings. The van der Waals surface area contributed by atoms with Gasteiger partial charge in [-0.05, 0) is 85.9 Å². The van der Waals surface area contributed by atoms with Crippen molar-refractivity contribution in [2.24, 2.45) is 0 Å². The number of benzene rings is 3. The Bertz CT molecular complexity index is 907. The van der Waals surface area contributed by atoms with Crippen LogP contribution in [0.1, 0.15) is 33.4 Å². The summed E-state index contributed by atoms with van der Waals surface area (Å²) in [5, 5.41) is 4.19. The minimum absolute atomic E-state index is 1.12. The summed E-state index contributed by atoms with van der Waals surface area (Å²) in [5.41, 5.74) is 17.2. The molecule has 0 unspecified atom stereocenters. The molecule has 3 heteroatoms. The molecular weight excluding hydrogens is 330 g/mol. The van der Waals surface area contributed by atoms with Crippen molar-refractivity contribution in [1.82, 2.24) is 5.53 Å². The van der Waals surface area contributed by atoms with Crippen LogP contribution in [0.15, 0.2) is 48.5 Å². The minimum atomic E-state index is 1.12. The van der Waals surface area contributed by atoms with E-state index in [1.54, 1.807) is 0 Å². The second-order valence-corrected chi connectivity index (χ2v) is 7.70. The number of fused-ring (bicyclic) bond motifs is 1. The van der Waals surface area contributed by atoms with Gasteiger partial charge in [0, 0.05) is 0 Å². The highest BCUT2D eigenvalue weighted by Gasteiger charge is 2.45. The molecule has 0 bridgehead atoms. The Labute approximate surface area is 162 Å². The first-order chi connectivity index (χ1) is 12.9. The third-order valence-electron chi connectivity index (χ3n) is 5.21. The number of hydrogen-bond donors (Lipinski definition) is 0. The first-order valence-corrected chi connectivity index (χ1v) is 9.43. The summed E-state index contributed by atoms with van der Waals surface area (Å²) in [7, 11) is 0. The lowest BCUT2D eigenvalue weighted by Gasteiger charge is -2.14. The van der Waals surface area contributed by atoms with Crippen molar-refractivity contribution < 1.29 is 0 Å². The summed E-state index contributed by atoms with van der Waals surface area (Å²) >= 11 is 0. The molecule has 4 rings (SSSR count). The standard InChI is InChI=1S/C24H26N3/c1-15-11-17(3)23(18(4)12-15)26-21-9-7-8-10-22(21)27(25-26)24-19(5)13-16(2)14-20(24)6/h7-14H,1-6H3/q+1. The molecular formula is C24H26N3+. The van der Waals surface area contributed by atoms with E-state index in [0.717, 1.165) is 22.7 Å². The minimum Gasteiger partial charge on any atom is -0.0598 e. The SMILES string of the molecule is Cc1cc(C)c(N2[N+]N(c3c(C)cc(C)cc3C)c3ccccc32)c(C)c1. The summed E-state index contributed by atoms with van der Waals surface area (Å²) in [6, 6.07) is 17.4. The van der Waals surface area contributed by atoms with Crippen LogP contribution in [0.3, 0.4) is 0 Å².